The summed E-state index contributed by atoms with van der Waals surface area (Å²) in [7, 11) is 1.58. The summed E-state index contributed by atoms with van der Waals surface area (Å²) in [4.78, 5) is 25.3. The van der Waals surface area contributed by atoms with E-state index in [9.17, 15) is 9.59 Å². The third kappa shape index (κ3) is 6.07. The average molecular weight is 380 g/mol. The number of hydrogen-bond donors (Lipinski definition) is 1. The predicted octanol–water partition coefficient (Wildman–Crippen LogP) is 3.20. The Morgan fingerprint density at radius 3 is 2.73 bits per heavy atom. The Kier molecular flexibility index (Phi) is 7.03. The monoisotopic (exact) mass is 379 g/mol. The fourth-order valence-corrected chi connectivity index (χ4v) is 2.34. The quantitative estimate of drug-likeness (QED) is 0.712. The largest absolute Gasteiger partial charge is 0.494 e. The van der Waals surface area contributed by atoms with Gasteiger partial charge >= 0.3 is 0 Å². The molecule has 1 N–H and O–H groups in total. The molecule has 140 valence electrons. The Morgan fingerprint density at radius 1 is 1.31 bits per heavy atom. The van der Waals surface area contributed by atoms with Crippen LogP contribution in [0.1, 0.15) is 24.2 Å². The molecule has 2 aromatic rings. The molecule has 0 spiro atoms. The first-order chi connectivity index (χ1) is 12.3. The Bertz CT molecular complexity index is 776. The second-order valence-electron chi connectivity index (χ2n) is 5.98. The van der Waals surface area contributed by atoms with E-state index in [2.05, 4.69) is 10.5 Å². The minimum absolute atomic E-state index is 0.0536. The maximum Gasteiger partial charge on any atom is 0.245 e. The molecule has 2 amide bonds. The maximum absolute atomic E-state index is 12.1. The van der Waals surface area contributed by atoms with Crippen molar-refractivity contribution in [2.45, 2.75) is 26.7 Å². The molecule has 0 aliphatic heterocycles. The number of carbonyl (C=O) groups is 2. The first-order valence-corrected chi connectivity index (χ1v) is 8.59. The molecule has 0 bridgehead atoms. The number of aryl methyl sites for hydroxylation is 2. The van der Waals surface area contributed by atoms with Gasteiger partial charge in [-0.2, -0.15) is 0 Å². The van der Waals surface area contributed by atoms with Crippen LogP contribution in [-0.2, 0) is 9.59 Å². The van der Waals surface area contributed by atoms with Gasteiger partial charge in [-0.05, 0) is 44.0 Å². The molecule has 0 saturated carbocycles. The smallest absolute Gasteiger partial charge is 0.245 e. The molecule has 0 saturated heterocycles. The summed E-state index contributed by atoms with van der Waals surface area (Å²) in [5, 5.41) is 6.94. The van der Waals surface area contributed by atoms with Crippen LogP contribution in [0, 0.1) is 13.8 Å². The van der Waals surface area contributed by atoms with E-state index >= 15 is 0 Å². The zero-order valence-electron chi connectivity index (χ0n) is 15.0. The van der Waals surface area contributed by atoms with Gasteiger partial charge < -0.3 is 19.5 Å². The van der Waals surface area contributed by atoms with Crippen LogP contribution in [0.15, 0.2) is 28.8 Å². The van der Waals surface area contributed by atoms with Crippen LogP contribution >= 0.6 is 11.6 Å². The number of aromatic nitrogens is 1. The molecular formula is C18H22ClN3O4. The van der Waals surface area contributed by atoms with Crippen molar-refractivity contribution in [1.29, 1.82) is 0 Å². The zero-order valence-corrected chi connectivity index (χ0v) is 15.8. The molecule has 0 radical (unpaired) electrons. The van der Waals surface area contributed by atoms with Crippen molar-refractivity contribution in [3.05, 3.63) is 40.6 Å². The second-order valence-corrected chi connectivity index (χ2v) is 6.39. The normalized spacial score (nSPS) is 10.5. The number of ether oxygens (including phenoxy) is 1. The number of likely N-dealkylation sites (N-methyl/N-ethyl adjacent to an activating group) is 1. The highest BCUT2D eigenvalue weighted by molar-refractivity contribution is 6.31. The van der Waals surface area contributed by atoms with Crippen molar-refractivity contribution in [2.24, 2.45) is 0 Å². The lowest BCUT2D eigenvalue weighted by molar-refractivity contribution is -0.133. The highest BCUT2D eigenvalue weighted by Crippen LogP contribution is 2.21. The summed E-state index contributed by atoms with van der Waals surface area (Å²) in [6.07, 6.45) is 0.842. The van der Waals surface area contributed by atoms with Crippen LogP contribution in [0.3, 0.4) is 0 Å². The molecular weight excluding hydrogens is 358 g/mol. The molecule has 7 nitrogen and oxygen atoms in total. The molecule has 0 aliphatic rings. The van der Waals surface area contributed by atoms with Crippen LogP contribution in [0.5, 0.6) is 5.75 Å². The highest BCUT2D eigenvalue weighted by atomic mass is 35.5. The van der Waals surface area contributed by atoms with Gasteiger partial charge in [0.05, 0.1) is 13.2 Å². The lowest BCUT2D eigenvalue weighted by Crippen LogP contribution is -2.35. The molecule has 0 unspecified atom stereocenters. The van der Waals surface area contributed by atoms with Gasteiger partial charge in [-0.25, -0.2) is 0 Å². The fourth-order valence-electron chi connectivity index (χ4n) is 2.22. The van der Waals surface area contributed by atoms with Crippen LogP contribution in [0.4, 0.5) is 5.82 Å². The number of anilines is 1. The number of amides is 2. The topological polar surface area (TPSA) is 84.7 Å². The Morgan fingerprint density at radius 2 is 2.08 bits per heavy atom. The Balaban J connectivity index is 1.68. The lowest BCUT2D eigenvalue weighted by atomic mass is 10.2. The summed E-state index contributed by atoms with van der Waals surface area (Å²) in [6, 6.07) is 7.03. The van der Waals surface area contributed by atoms with Crippen molar-refractivity contribution in [3.8, 4) is 5.75 Å². The minimum Gasteiger partial charge on any atom is -0.494 e. The number of nitrogens with zero attached hydrogens (tertiary/aromatic N) is 2. The Labute approximate surface area is 157 Å². The molecule has 0 aliphatic carbocycles. The van der Waals surface area contributed by atoms with E-state index in [0.717, 1.165) is 11.3 Å². The summed E-state index contributed by atoms with van der Waals surface area (Å²) in [6.45, 7) is 3.98. The van der Waals surface area contributed by atoms with Crippen LogP contribution < -0.4 is 10.1 Å². The van der Waals surface area contributed by atoms with Gasteiger partial charge in [0.2, 0.25) is 11.8 Å². The molecule has 0 fully saturated rings. The van der Waals surface area contributed by atoms with Gasteiger partial charge in [-0.3, -0.25) is 9.59 Å². The van der Waals surface area contributed by atoms with Crippen molar-refractivity contribution in [3.63, 3.8) is 0 Å². The SMILES string of the molecule is Cc1cc(NC(=O)CN(C)C(=O)CCCOc2ccc(Cl)c(C)c2)no1. The summed E-state index contributed by atoms with van der Waals surface area (Å²) in [5.74, 6) is 1.19. The second kappa shape index (κ2) is 9.24. The van der Waals surface area contributed by atoms with Crippen molar-refractivity contribution >= 4 is 29.2 Å². The number of nitrogens with one attached hydrogen (secondary N) is 1. The van der Waals surface area contributed by atoms with Crippen LogP contribution in [0.25, 0.3) is 0 Å². The number of rotatable bonds is 8. The molecule has 26 heavy (non-hydrogen) atoms. The van der Waals surface area contributed by atoms with Crippen molar-refractivity contribution in [1.82, 2.24) is 10.1 Å². The van der Waals surface area contributed by atoms with Gasteiger partial charge in [0, 0.05) is 24.6 Å². The molecule has 1 heterocycles. The third-order valence-electron chi connectivity index (χ3n) is 3.64. The molecule has 0 atom stereocenters. The van der Waals surface area contributed by atoms with E-state index in [1.165, 1.54) is 4.90 Å². The van der Waals surface area contributed by atoms with E-state index in [4.69, 9.17) is 20.9 Å². The number of halogens is 1. The molecule has 2 rings (SSSR count). The van der Waals surface area contributed by atoms with Crippen LogP contribution in [0.2, 0.25) is 5.02 Å². The van der Waals surface area contributed by atoms with E-state index in [-0.39, 0.29) is 18.4 Å². The minimum atomic E-state index is -0.331. The van der Waals surface area contributed by atoms with Gasteiger partial charge in [0.25, 0.3) is 0 Å². The van der Waals surface area contributed by atoms with Gasteiger partial charge in [-0.15, -0.1) is 0 Å². The predicted molar refractivity (Wildman–Crippen MR) is 98.4 cm³/mol. The summed E-state index contributed by atoms with van der Waals surface area (Å²) >= 11 is 5.96. The van der Waals surface area contributed by atoms with Gasteiger partial charge in [-0.1, -0.05) is 16.8 Å². The highest BCUT2D eigenvalue weighted by Gasteiger charge is 2.14. The van der Waals surface area contributed by atoms with Crippen molar-refractivity contribution in [2.75, 3.05) is 25.5 Å². The summed E-state index contributed by atoms with van der Waals surface area (Å²) < 4.78 is 10.5. The van der Waals surface area contributed by atoms with Gasteiger partial charge in [0.1, 0.15) is 11.5 Å². The summed E-state index contributed by atoms with van der Waals surface area (Å²) in [5.41, 5.74) is 0.938. The van der Waals surface area contributed by atoms with E-state index in [0.29, 0.717) is 36.0 Å². The molecule has 1 aromatic carbocycles. The lowest BCUT2D eigenvalue weighted by Gasteiger charge is -2.16. The Hall–Kier alpha value is -2.54. The first kappa shape index (κ1) is 19.8. The van der Waals surface area contributed by atoms with E-state index in [1.54, 1.807) is 32.2 Å². The van der Waals surface area contributed by atoms with E-state index in [1.807, 2.05) is 13.0 Å². The zero-order chi connectivity index (χ0) is 19.1. The fraction of sp³-hybridized carbons (Fsp3) is 0.389. The number of carbonyl (C=O) groups excluding carboxylic acids is 2. The van der Waals surface area contributed by atoms with Gasteiger partial charge in [0.15, 0.2) is 5.82 Å². The number of benzene rings is 1. The van der Waals surface area contributed by atoms with Crippen molar-refractivity contribution < 1.29 is 18.8 Å². The first-order valence-electron chi connectivity index (χ1n) is 8.21. The number of hydrogen-bond acceptors (Lipinski definition) is 5. The third-order valence-corrected chi connectivity index (χ3v) is 4.06. The van der Waals surface area contributed by atoms with Crippen LogP contribution in [-0.4, -0.2) is 42.1 Å². The molecule has 1 aromatic heterocycles. The maximum atomic E-state index is 12.1. The molecule has 8 heteroatoms. The average Bonchev–Trinajstić information content (AvgIpc) is 2.99. The standard InChI is InChI=1S/C18H22ClN3O4/c1-12-9-14(6-7-15(12)19)25-8-4-5-18(24)22(3)11-17(23)20-16-10-13(2)26-21-16/h6-7,9-10H,4-5,8,11H2,1-3H3,(H,20,21,23). The van der Waals surface area contributed by atoms with E-state index < -0.39 is 0 Å².